The number of hydrogen-bond donors (Lipinski definition) is 2. The third-order valence-corrected chi connectivity index (χ3v) is 3.37. The van der Waals surface area contributed by atoms with Crippen molar-refractivity contribution in [2.75, 3.05) is 39.9 Å². The highest BCUT2D eigenvalue weighted by molar-refractivity contribution is 5.78. The summed E-state index contributed by atoms with van der Waals surface area (Å²) < 4.78 is 5.03. The first-order chi connectivity index (χ1) is 9.15. The number of nitrogens with zero attached hydrogens (tertiary/aromatic N) is 1. The quantitative estimate of drug-likeness (QED) is 0.645. The number of ether oxygens (including phenoxy) is 1. The molecule has 0 aromatic rings. The second-order valence-corrected chi connectivity index (χ2v) is 5.45. The van der Waals surface area contributed by atoms with Gasteiger partial charge in [0.15, 0.2) is 0 Å². The Hall–Kier alpha value is -0.650. The second-order valence-electron chi connectivity index (χ2n) is 5.45. The van der Waals surface area contributed by atoms with Crippen LogP contribution in [0.2, 0.25) is 0 Å². The molecule has 0 aromatic heterocycles. The molecule has 0 saturated carbocycles. The van der Waals surface area contributed by atoms with E-state index in [9.17, 15) is 4.79 Å². The van der Waals surface area contributed by atoms with Crippen molar-refractivity contribution in [1.82, 2.24) is 15.5 Å². The van der Waals surface area contributed by atoms with Gasteiger partial charge < -0.3 is 15.4 Å². The molecule has 1 amide bonds. The summed E-state index contributed by atoms with van der Waals surface area (Å²) in [4.78, 5) is 14.2. The average Bonchev–Trinajstić information content (AvgIpc) is 2.82. The summed E-state index contributed by atoms with van der Waals surface area (Å²) in [5.41, 5.74) is 0. The summed E-state index contributed by atoms with van der Waals surface area (Å²) >= 11 is 0. The maximum Gasteiger partial charge on any atom is 0.234 e. The maximum atomic E-state index is 12.0. The Kier molecular flexibility index (Phi) is 8.02. The minimum atomic E-state index is 0.0746. The number of carbonyl (C=O) groups excluding carboxylic acids is 1. The summed E-state index contributed by atoms with van der Waals surface area (Å²) in [6.45, 7) is 8.22. The Labute approximate surface area is 117 Å². The normalized spacial score (nSPS) is 20.7. The van der Waals surface area contributed by atoms with Crippen LogP contribution in [0.25, 0.3) is 0 Å². The van der Waals surface area contributed by atoms with E-state index in [1.807, 2.05) is 6.92 Å². The molecule has 1 saturated heterocycles. The van der Waals surface area contributed by atoms with Crippen LogP contribution in [0, 0.1) is 0 Å². The van der Waals surface area contributed by atoms with Crippen molar-refractivity contribution in [3.05, 3.63) is 0 Å². The van der Waals surface area contributed by atoms with E-state index in [4.69, 9.17) is 4.74 Å². The van der Waals surface area contributed by atoms with Crippen molar-refractivity contribution in [2.45, 2.75) is 45.2 Å². The zero-order valence-corrected chi connectivity index (χ0v) is 12.6. The van der Waals surface area contributed by atoms with E-state index in [0.29, 0.717) is 19.2 Å². The zero-order chi connectivity index (χ0) is 14.1. The van der Waals surface area contributed by atoms with Gasteiger partial charge in [0.1, 0.15) is 0 Å². The van der Waals surface area contributed by atoms with Gasteiger partial charge in [0.05, 0.1) is 13.2 Å². The molecule has 112 valence electrons. The third kappa shape index (κ3) is 6.89. The summed E-state index contributed by atoms with van der Waals surface area (Å²) in [7, 11) is 1.65. The van der Waals surface area contributed by atoms with Crippen LogP contribution < -0.4 is 10.6 Å². The highest BCUT2D eigenvalue weighted by Crippen LogP contribution is 2.07. The fourth-order valence-electron chi connectivity index (χ4n) is 2.59. The summed E-state index contributed by atoms with van der Waals surface area (Å²) in [6.07, 6.45) is 3.55. The lowest BCUT2D eigenvalue weighted by Crippen LogP contribution is -2.46. The number of carbonyl (C=O) groups is 1. The average molecular weight is 271 g/mol. The van der Waals surface area contributed by atoms with Crippen molar-refractivity contribution in [1.29, 1.82) is 0 Å². The lowest BCUT2D eigenvalue weighted by atomic mass is 10.2. The van der Waals surface area contributed by atoms with Crippen LogP contribution in [0.15, 0.2) is 0 Å². The number of methoxy groups -OCH3 is 1. The van der Waals surface area contributed by atoms with E-state index < -0.39 is 0 Å². The molecule has 1 aliphatic rings. The Balaban J connectivity index is 2.32. The highest BCUT2D eigenvalue weighted by Gasteiger charge is 2.19. The van der Waals surface area contributed by atoms with Crippen molar-refractivity contribution < 1.29 is 9.53 Å². The second kappa shape index (κ2) is 9.28. The molecule has 5 heteroatoms. The summed E-state index contributed by atoms with van der Waals surface area (Å²) in [5, 5.41) is 6.45. The van der Waals surface area contributed by atoms with Gasteiger partial charge in [-0.2, -0.15) is 0 Å². The van der Waals surface area contributed by atoms with Gasteiger partial charge in [0.2, 0.25) is 5.91 Å². The Bertz CT molecular complexity index is 255. The number of hydrogen-bond acceptors (Lipinski definition) is 4. The maximum absolute atomic E-state index is 12.0. The van der Waals surface area contributed by atoms with Crippen LogP contribution in [0.1, 0.15) is 33.1 Å². The van der Waals surface area contributed by atoms with Crippen molar-refractivity contribution in [3.8, 4) is 0 Å². The molecular formula is C14H29N3O2. The summed E-state index contributed by atoms with van der Waals surface area (Å²) in [5.74, 6) is 0.0935. The molecule has 2 N–H and O–H groups in total. The Morgan fingerprint density at radius 3 is 2.95 bits per heavy atom. The first-order valence-corrected chi connectivity index (χ1v) is 7.39. The predicted octanol–water partition coefficient (Wildman–Crippen LogP) is 0.602. The largest absolute Gasteiger partial charge is 0.383 e. The van der Waals surface area contributed by atoms with Crippen LogP contribution in [-0.2, 0) is 9.53 Å². The zero-order valence-electron chi connectivity index (χ0n) is 12.6. The highest BCUT2D eigenvalue weighted by atomic mass is 16.5. The van der Waals surface area contributed by atoms with Crippen LogP contribution >= 0.6 is 0 Å². The molecule has 2 unspecified atom stereocenters. The molecule has 0 spiro atoms. The Morgan fingerprint density at radius 2 is 2.37 bits per heavy atom. The van der Waals surface area contributed by atoms with E-state index in [-0.39, 0.29) is 11.9 Å². The van der Waals surface area contributed by atoms with Gasteiger partial charge in [0.25, 0.3) is 0 Å². The molecule has 0 radical (unpaired) electrons. The van der Waals surface area contributed by atoms with Gasteiger partial charge in [-0.05, 0) is 39.3 Å². The SMILES string of the molecule is CCCN(CC(=O)NC(C)COC)CC1CCCN1. The van der Waals surface area contributed by atoms with E-state index in [0.717, 1.165) is 26.1 Å². The van der Waals surface area contributed by atoms with E-state index >= 15 is 0 Å². The molecule has 1 rings (SSSR count). The van der Waals surface area contributed by atoms with E-state index in [1.165, 1.54) is 12.8 Å². The van der Waals surface area contributed by atoms with Crippen molar-refractivity contribution in [3.63, 3.8) is 0 Å². The molecule has 0 aliphatic carbocycles. The molecule has 2 atom stereocenters. The number of nitrogens with one attached hydrogen (secondary N) is 2. The number of amides is 1. The van der Waals surface area contributed by atoms with Gasteiger partial charge in [-0.15, -0.1) is 0 Å². The molecule has 1 heterocycles. The van der Waals surface area contributed by atoms with Gasteiger partial charge in [-0.1, -0.05) is 6.92 Å². The molecule has 1 fully saturated rings. The fraction of sp³-hybridized carbons (Fsp3) is 0.929. The van der Waals surface area contributed by atoms with Crippen LogP contribution in [0.5, 0.6) is 0 Å². The topological polar surface area (TPSA) is 53.6 Å². The van der Waals surface area contributed by atoms with Gasteiger partial charge in [-0.25, -0.2) is 0 Å². The first kappa shape index (κ1) is 16.4. The smallest absolute Gasteiger partial charge is 0.234 e. The van der Waals surface area contributed by atoms with Crippen molar-refractivity contribution in [2.24, 2.45) is 0 Å². The lowest BCUT2D eigenvalue weighted by molar-refractivity contribution is -0.123. The van der Waals surface area contributed by atoms with Gasteiger partial charge in [-0.3, -0.25) is 9.69 Å². The van der Waals surface area contributed by atoms with Crippen LogP contribution in [-0.4, -0.2) is 62.8 Å². The lowest BCUT2D eigenvalue weighted by Gasteiger charge is -2.25. The molecule has 5 nitrogen and oxygen atoms in total. The van der Waals surface area contributed by atoms with Gasteiger partial charge >= 0.3 is 0 Å². The van der Waals surface area contributed by atoms with E-state index in [2.05, 4.69) is 22.5 Å². The minimum absolute atomic E-state index is 0.0746. The summed E-state index contributed by atoms with van der Waals surface area (Å²) in [6, 6.07) is 0.626. The third-order valence-electron chi connectivity index (χ3n) is 3.37. The monoisotopic (exact) mass is 271 g/mol. The standard InChI is InChI=1S/C14H29N3O2/c1-4-8-17(9-13-6-5-7-15-13)10-14(18)16-12(2)11-19-3/h12-13,15H,4-11H2,1-3H3,(H,16,18). The molecule has 19 heavy (non-hydrogen) atoms. The Morgan fingerprint density at radius 1 is 1.58 bits per heavy atom. The molecule has 0 bridgehead atoms. The van der Waals surface area contributed by atoms with Gasteiger partial charge in [0, 0.05) is 25.7 Å². The van der Waals surface area contributed by atoms with Crippen LogP contribution in [0.4, 0.5) is 0 Å². The predicted molar refractivity (Wildman–Crippen MR) is 77.2 cm³/mol. The molecular weight excluding hydrogens is 242 g/mol. The van der Waals surface area contributed by atoms with Crippen molar-refractivity contribution >= 4 is 5.91 Å². The van der Waals surface area contributed by atoms with Crippen LogP contribution in [0.3, 0.4) is 0 Å². The molecule has 1 aliphatic heterocycles. The first-order valence-electron chi connectivity index (χ1n) is 7.39. The molecule has 0 aromatic carbocycles. The van der Waals surface area contributed by atoms with E-state index in [1.54, 1.807) is 7.11 Å². The fourth-order valence-corrected chi connectivity index (χ4v) is 2.59. The minimum Gasteiger partial charge on any atom is -0.383 e. The number of rotatable bonds is 9.